The van der Waals surface area contributed by atoms with Crippen molar-refractivity contribution >= 4 is 82.6 Å². The van der Waals surface area contributed by atoms with Gasteiger partial charge in [0.25, 0.3) is 0 Å². The molecule has 2 aliphatic heterocycles. The Morgan fingerprint density at radius 1 is 0.338 bits per heavy atom. The van der Waals surface area contributed by atoms with Gasteiger partial charge in [0.2, 0.25) is 11.5 Å². The molecular weight excluding hydrogens is 1820 g/mol. The summed E-state index contributed by atoms with van der Waals surface area (Å²) in [5.41, 5.74) is 11.7. The van der Waals surface area contributed by atoms with E-state index < -0.39 is 181 Å². The van der Waals surface area contributed by atoms with Crippen molar-refractivity contribution in [3.63, 3.8) is 0 Å². The van der Waals surface area contributed by atoms with Gasteiger partial charge in [0.15, 0.2) is 65.2 Å². The van der Waals surface area contributed by atoms with Crippen LogP contribution in [0.3, 0.4) is 0 Å². The lowest BCUT2D eigenvalue weighted by molar-refractivity contribution is -0.160. The molecular formula is C113H146O29. The van der Waals surface area contributed by atoms with E-state index in [1.165, 1.54) is 0 Å². The molecule has 0 fully saturated rings. The van der Waals surface area contributed by atoms with Crippen molar-refractivity contribution in [2.75, 3.05) is 13.2 Å². The molecule has 8 N–H and O–H groups in total. The number of Topliss-reactive ketones (excluding diaryl/α,β-unsaturated/α-hetero) is 5. The van der Waals surface area contributed by atoms with E-state index in [9.17, 15) is 97.8 Å². The molecule has 0 aromatic heterocycles. The minimum absolute atomic E-state index is 0.0407. The minimum Gasteiger partial charge on any atom is -0.505 e. The number of hydrogen-bond donors (Lipinski definition) is 8. The van der Waals surface area contributed by atoms with E-state index in [1.807, 2.05) is 302 Å². The number of aliphatic carboxylic acids is 2. The van der Waals surface area contributed by atoms with E-state index in [-0.39, 0.29) is 79.3 Å². The molecule has 29 heteroatoms. The van der Waals surface area contributed by atoms with Gasteiger partial charge in [-0.2, -0.15) is 0 Å². The zero-order valence-corrected chi connectivity index (χ0v) is 86.5. The molecule has 29 nitrogen and oxygen atoms in total. The van der Waals surface area contributed by atoms with Gasteiger partial charge >= 0.3 is 53.7 Å². The van der Waals surface area contributed by atoms with E-state index in [1.54, 1.807) is 20.8 Å². The summed E-state index contributed by atoms with van der Waals surface area (Å²) in [4.78, 5) is 171. The van der Waals surface area contributed by atoms with Gasteiger partial charge in [0.1, 0.15) is 31.2 Å². The normalized spacial score (nSPS) is 21.7. The third-order valence-electron chi connectivity index (χ3n) is 23.6. The average molecular weight is 1970 g/mol. The van der Waals surface area contributed by atoms with Gasteiger partial charge in [-0.15, -0.1) is 0 Å². The molecule has 4 unspecified atom stereocenters. The lowest BCUT2D eigenvalue weighted by Gasteiger charge is -2.36. The highest BCUT2D eigenvalue weighted by Gasteiger charge is 2.46. The van der Waals surface area contributed by atoms with Crippen molar-refractivity contribution in [1.29, 1.82) is 0 Å². The van der Waals surface area contributed by atoms with E-state index in [2.05, 4.69) is 23.3 Å². The average Bonchev–Trinajstić information content (AvgIpc) is 0.910. The Bertz CT molecular complexity index is 5160. The van der Waals surface area contributed by atoms with E-state index >= 15 is 0 Å². The number of aliphatic hydroxyl groups is 6. The van der Waals surface area contributed by atoms with Crippen LogP contribution in [-0.4, -0.2) is 179 Å². The fourth-order valence-electron chi connectivity index (χ4n) is 15.8. The monoisotopic (exact) mass is 1970 g/mol. The van der Waals surface area contributed by atoms with Crippen molar-refractivity contribution in [1.82, 2.24) is 0 Å². The third kappa shape index (κ3) is 40.2. The fraction of sp³-hybridized carbons (Fsp3) is 0.451. The Balaban J connectivity index is 0.000000740. The largest absolute Gasteiger partial charge is 0.505 e. The molecule has 0 aromatic carbocycles. The van der Waals surface area contributed by atoms with Gasteiger partial charge in [0.05, 0.1) is 44.9 Å². The molecule has 0 saturated heterocycles. The van der Waals surface area contributed by atoms with Crippen molar-refractivity contribution in [2.24, 2.45) is 27.6 Å². The second kappa shape index (κ2) is 58.6. The summed E-state index contributed by atoms with van der Waals surface area (Å²) in [5, 5.41) is 76.0. The first-order chi connectivity index (χ1) is 66.5. The number of rotatable bonds is 43. The predicted molar refractivity (Wildman–Crippen MR) is 542 cm³/mol. The van der Waals surface area contributed by atoms with Crippen LogP contribution < -0.4 is 0 Å². The highest BCUT2D eigenvalue weighted by molar-refractivity contribution is 6.04. The van der Waals surface area contributed by atoms with Crippen LogP contribution in [0.1, 0.15) is 250 Å². The summed E-state index contributed by atoms with van der Waals surface area (Å²) in [6.07, 6.45) is 44.1. The Kier molecular flexibility index (Phi) is 50.6. The SMILES string of the molecule is CC.CC.CC1=C(/C=C/C(C)=C/C=C/C(C)=C/C=C/C=C(C)/C=C/C=C(C)/C=C/C2=C(C)C(=O)C(OC(=O)CCC(=O)O)CC2(C)C)C(C)(C)CC(CC(=O)CCC(=O)O)C1=O.CC1=C(/C=C/C(C)=C/C=C/C(C)=C/C=C/C=C(C)/C=C/C=C(C)/C=C/C2=C(C)C(=O)C(OC(=O)CCC(=O)OC[C@H](O)[C@H]3OC(=O)C(O)=C3O)CC2(C)C)C(C)(C)CC(OC(=O)CCC(=O)OC[C@H](O)[C@H]2OC(=O)C(O)=C2O)C1=O. The third-order valence-corrected chi connectivity index (χ3v) is 23.6. The molecule has 6 aliphatic rings. The van der Waals surface area contributed by atoms with Crippen LogP contribution in [0, 0.1) is 27.6 Å². The maximum atomic E-state index is 13.3. The van der Waals surface area contributed by atoms with Crippen LogP contribution in [0.4, 0.5) is 0 Å². The summed E-state index contributed by atoms with van der Waals surface area (Å²) in [5.74, 6) is -14.1. The molecule has 0 saturated carbocycles. The van der Waals surface area contributed by atoms with E-state index in [4.69, 9.17) is 33.9 Å². The van der Waals surface area contributed by atoms with Gasteiger partial charge in [-0.1, -0.05) is 298 Å². The van der Waals surface area contributed by atoms with Crippen LogP contribution in [0.5, 0.6) is 0 Å². The van der Waals surface area contributed by atoms with Gasteiger partial charge < -0.3 is 74.0 Å². The molecule has 2 heterocycles. The van der Waals surface area contributed by atoms with Crippen molar-refractivity contribution in [3.8, 4) is 0 Å². The number of aliphatic hydroxyl groups excluding tert-OH is 6. The maximum absolute atomic E-state index is 13.3. The molecule has 8 atom stereocenters. The van der Waals surface area contributed by atoms with Crippen molar-refractivity contribution in [2.45, 2.75) is 292 Å². The highest BCUT2D eigenvalue weighted by Crippen LogP contribution is 2.46. The lowest BCUT2D eigenvalue weighted by Crippen LogP contribution is -2.39. The zero-order valence-electron chi connectivity index (χ0n) is 86.5. The van der Waals surface area contributed by atoms with Crippen molar-refractivity contribution in [3.05, 3.63) is 282 Å². The number of ketones is 5. The first kappa shape index (κ1) is 123. The number of carbonyl (C=O) groups is 14. The van der Waals surface area contributed by atoms with Gasteiger partial charge in [-0.25, -0.2) is 9.59 Å². The molecule has 0 aromatic rings. The molecule has 4 aliphatic carbocycles. The molecule has 142 heavy (non-hydrogen) atoms. The minimum atomic E-state index is -1.66. The van der Waals surface area contributed by atoms with E-state index in [0.717, 1.165) is 66.9 Å². The van der Waals surface area contributed by atoms with Gasteiger partial charge in [0, 0.05) is 38.0 Å². The molecule has 0 radical (unpaired) electrons. The standard InChI is InChI=1S/C60H72O20.C49H62O9.2C2H6/c1-33(17-13-19-35(3)21-23-39-37(5)49(67)43(29-59(39,7)8)77-47(65)27-25-45(63)75-31-41(61)55-51(69)53(71)57(73)79-55)15-11-12-16-34(2)18-14-20-36(4)22-24-40-38(6)50(68)44(30-60(40,9)10)78-48(66)28-26-46(64)76-32-42(62)56-52(70)54(72)58(74)80-56;1-32(17-13-19-34(3)21-24-40-36(5)46(56)38(30-48(40,7)8)29-39(50)23-26-43(51)52)15-11-12-16-33(2)18-14-20-35(4)22-25-41-37(6)47(57)42(31-49(41,9)10)58-45(55)28-27-44(53)54;2*1-2/h11-24,41-44,55-56,61-62,69-72H,25-32H2,1-10H3;11-22,24-25,38,42H,23,26-31H2,1-10H3,(H,51,52)(H,53,54);2*1-2H3/b12-11+,17-13+,18-14+,23-21+,24-22+,33-15+,34-16+,35-19+,36-20+;12-11+,17-13+,18-14+,24-21+,25-22+,32-15+,33-16+,34-19+,35-20+;;/t41-,42-,43?,44?,55+,56+;;;/m0.../s1. The number of hydrogen-bond acceptors (Lipinski definition) is 27. The van der Waals surface area contributed by atoms with Gasteiger partial charge in [-0.05, 0) is 156 Å². The Morgan fingerprint density at radius 2 is 0.570 bits per heavy atom. The number of esters is 7. The number of cyclic esters (lactones) is 2. The first-order valence-corrected chi connectivity index (χ1v) is 47.5. The van der Waals surface area contributed by atoms with E-state index in [0.29, 0.717) is 35.1 Å². The summed E-state index contributed by atoms with van der Waals surface area (Å²) >= 11 is 0. The summed E-state index contributed by atoms with van der Waals surface area (Å²) in [7, 11) is 0. The van der Waals surface area contributed by atoms with Crippen LogP contribution in [0.2, 0.25) is 0 Å². The Hall–Kier alpha value is -13.5. The smallest absolute Gasteiger partial charge is 0.377 e. The maximum Gasteiger partial charge on any atom is 0.377 e. The quantitative estimate of drug-likeness (QED) is 0.0160. The summed E-state index contributed by atoms with van der Waals surface area (Å²) < 4.78 is 35.4. The van der Waals surface area contributed by atoms with Crippen molar-refractivity contribution < 1.29 is 141 Å². The summed E-state index contributed by atoms with van der Waals surface area (Å²) in [6.45, 7) is 45.2. The van der Waals surface area contributed by atoms with Crippen LogP contribution in [-0.2, 0) is 100 Å². The summed E-state index contributed by atoms with van der Waals surface area (Å²) in [6, 6.07) is 0. The molecule has 6 rings (SSSR count). The van der Waals surface area contributed by atoms with Crippen LogP contribution in [0.15, 0.2) is 282 Å². The molecule has 0 bridgehead atoms. The first-order valence-electron chi connectivity index (χ1n) is 47.5. The Morgan fingerprint density at radius 3 is 0.831 bits per heavy atom. The number of ether oxygens (including phenoxy) is 7. The lowest BCUT2D eigenvalue weighted by atomic mass is 9.66. The molecule has 772 valence electrons. The van der Waals surface area contributed by atoms with Crippen LogP contribution in [0.25, 0.3) is 0 Å². The number of carboxylic acid groups (broad SMARTS) is 2. The van der Waals surface area contributed by atoms with Gasteiger partial charge in [-0.3, -0.25) is 57.5 Å². The number of allylic oxidation sites excluding steroid dienone is 41. The number of carbonyl (C=O) groups excluding carboxylic acids is 12. The second-order valence-corrected chi connectivity index (χ2v) is 37.6. The second-order valence-electron chi connectivity index (χ2n) is 37.6. The molecule has 0 amide bonds. The highest BCUT2D eigenvalue weighted by atomic mass is 16.6. The van der Waals surface area contributed by atoms with Crippen LogP contribution >= 0.6 is 0 Å². The zero-order chi connectivity index (χ0) is 108. The Labute approximate surface area is 834 Å². The topological polar surface area (TPSA) is 465 Å². The predicted octanol–water partition coefficient (Wildman–Crippen LogP) is 20.3. The fourth-order valence-corrected chi connectivity index (χ4v) is 15.8. The molecule has 0 spiro atoms. The number of carboxylic acids is 2.